The highest BCUT2D eigenvalue weighted by molar-refractivity contribution is 7.13. The van der Waals surface area contributed by atoms with E-state index in [1.54, 1.807) is 11.3 Å². The third kappa shape index (κ3) is 2.12. The normalized spacial score (nSPS) is 11.4. The Bertz CT molecular complexity index is 696. The van der Waals surface area contributed by atoms with Crippen molar-refractivity contribution in [3.8, 4) is 10.6 Å². The maximum absolute atomic E-state index is 4.82. The summed E-state index contributed by atoms with van der Waals surface area (Å²) < 4.78 is 2.14. The molecule has 1 N–H and O–H groups in total. The van der Waals surface area contributed by atoms with Crippen molar-refractivity contribution in [3.05, 3.63) is 41.4 Å². The first-order valence-electron chi connectivity index (χ1n) is 6.45. The molecule has 3 heterocycles. The zero-order valence-corrected chi connectivity index (χ0v) is 12.2. The summed E-state index contributed by atoms with van der Waals surface area (Å²) in [4.78, 5) is 6.02. The number of anilines is 1. The van der Waals surface area contributed by atoms with Crippen LogP contribution in [-0.2, 0) is 0 Å². The molecule has 0 aromatic carbocycles. The molecule has 0 aliphatic heterocycles. The molecule has 0 unspecified atom stereocenters. The van der Waals surface area contributed by atoms with E-state index in [1.165, 1.54) is 10.4 Å². The Morgan fingerprint density at radius 2 is 2.11 bits per heavy atom. The molecule has 0 saturated heterocycles. The van der Waals surface area contributed by atoms with Gasteiger partial charge in [0.25, 0.3) is 0 Å². The Morgan fingerprint density at radius 3 is 2.79 bits per heavy atom. The van der Waals surface area contributed by atoms with E-state index < -0.39 is 0 Å². The smallest absolute Gasteiger partial charge is 0.142 e. The Morgan fingerprint density at radius 1 is 1.26 bits per heavy atom. The van der Waals surface area contributed by atoms with E-state index in [0.717, 1.165) is 17.2 Å². The second-order valence-corrected chi connectivity index (χ2v) is 5.92. The van der Waals surface area contributed by atoms with E-state index in [2.05, 4.69) is 66.3 Å². The number of nitrogens with one attached hydrogen (secondary N) is 1. The van der Waals surface area contributed by atoms with E-state index in [9.17, 15) is 0 Å². The molecule has 0 spiro atoms. The van der Waals surface area contributed by atoms with Gasteiger partial charge in [0.1, 0.15) is 17.2 Å². The second kappa shape index (κ2) is 4.70. The van der Waals surface area contributed by atoms with E-state index >= 15 is 0 Å². The minimum atomic E-state index is 0.374. The standard InChI is InChI=1S/C15H17N3S/c1-10(2)16-15-13(12-7-5-9-19-12)17-14-11(3)6-4-8-18(14)15/h4-10,16H,1-3H3. The number of fused-ring (bicyclic) bond motifs is 1. The lowest BCUT2D eigenvalue weighted by Crippen LogP contribution is -2.12. The quantitative estimate of drug-likeness (QED) is 0.774. The molecule has 0 atom stereocenters. The Hall–Kier alpha value is -1.81. The molecule has 4 heteroatoms. The first kappa shape index (κ1) is 12.2. The molecular formula is C15H17N3S. The van der Waals surface area contributed by atoms with Gasteiger partial charge >= 0.3 is 0 Å². The number of hydrogen-bond acceptors (Lipinski definition) is 3. The summed E-state index contributed by atoms with van der Waals surface area (Å²) in [5, 5.41) is 5.61. The monoisotopic (exact) mass is 271 g/mol. The van der Waals surface area contributed by atoms with Gasteiger partial charge in [0.2, 0.25) is 0 Å². The summed E-state index contributed by atoms with van der Waals surface area (Å²) >= 11 is 1.72. The Balaban J connectivity index is 2.28. The number of pyridine rings is 1. The average Bonchev–Trinajstić information content (AvgIpc) is 2.97. The fourth-order valence-corrected chi connectivity index (χ4v) is 2.92. The van der Waals surface area contributed by atoms with Crippen molar-refractivity contribution in [1.82, 2.24) is 9.38 Å². The van der Waals surface area contributed by atoms with Crippen LogP contribution in [0.3, 0.4) is 0 Å². The summed E-state index contributed by atoms with van der Waals surface area (Å²) in [6.07, 6.45) is 2.07. The van der Waals surface area contributed by atoms with Gasteiger partial charge in [-0.1, -0.05) is 12.1 Å². The topological polar surface area (TPSA) is 29.3 Å². The van der Waals surface area contributed by atoms with E-state index in [-0.39, 0.29) is 0 Å². The predicted octanol–water partition coefficient (Wildman–Crippen LogP) is 4.19. The van der Waals surface area contributed by atoms with E-state index in [0.29, 0.717) is 6.04 Å². The minimum Gasteiger partial charge on any atom is -0.367 e. The van der Waals surface area contributed by atoms with Gasteiger partial charge in [0.05, 0.1) is 4.88 Å². The summed E-state index contributed by atoms with van der Waals surface area (Å²) in [5.74, 6) is 1.08. The van der Waals surface area contributed by atoms with Crippen molar-refractivity contribution in [2.45, 2.75) is 26.8 Å². The summed E-state index contributed by atoms with van der Waals surface area (Å²) in [6.45, 7) is 6.39. The zero-order chi connectivity index (χ0) is 13.4. The van der Waals surface area contributed by atoms with Crippen molar-refractivity contribution in [2.24, 2.45) is 0 Å². The molecule has 0 amide bonds. The first-order valence-corrected chi connectivity index (χ1v) is 7.33. The van der Waals surface area contributed by atoms with Crippen LogP contribution in [0.1, 0.15) is 19.4 Å². The molecule has 3 aromatic rings. The summed E-state index contributed by atoms with van der Waals surface area (Å²) in [7, 11) is 0. The minimum absolute atomic E-state index is 0.374. The van der Waals surface area contributed by atoms with Crippen LogP contribution in [0.15, 0.2) is 35.8 Å². The highest BCUT2D eigenvalue weighted by atomic mass is 32.1. The Kier molecular flexibility index (Phi) is 3.03. The first-order chi connectivity index (χ1) is 9.16. The molecule has 0 aliphatic carbocycles. The van der Waals surface area contributed by atoms with Crippen LogP contribution in [0.5, 0.6) is 0 Å². The summed E-state index contributed by atoms with van der Waals surface area (Å²) in [5.41, 5.74) is 3.25. The van der Waals surface area contributed by atoms with Crippen molar-refractivity contribution in [3.63, 3.8) is 0 Å². The van der Waals surface area contributed by atoms with Crippen molar-refractivity contribution < 1.29 is 0 Å². The van der Waals surface area contributed by atoms with Crippen LogP contribution in [0.25, 0.3) is 16.2 Å². The SMILES string of the molecule is Cc1cccn2c(NC(C)C)c(-c3cccs3)nc12. The highest BCUT2D eigenvalue weighted by Crippen LogP contribution is 2.32. The third-order valence-electron chi connectivity index (χ3n) is 3.03. The maximum atomic E-state index is 4.82. The van der Waals surface area contributed by atoms with Crippen molar-refractivity contribution in [2.75, 3.05) is 5.32 Å². The molecule has 0 saturated carbocycles. The van der Waals surface area contributed by atoms with Gasteiger partial charge in [-0.05, 0) is 43.8 Å². The predicted molar refractivity (Wildman–Crippen MR) is 82.0 cm³/mol. The third-order valence-corrected chi connectivity index (χ3v) is 3.90. The highest BCUT2D eigenvalue weighted by Gasteiger charge is 2.16. The van der Waals surface area contributed by atoms with Gasteiger partial charge in [-0.15, -0.1) is 11.3 Å². The van der Waals surface area contributed by atoms with Gasteiger partial charge in [0, 0.05) is 12.2 Å². The molecule has 0 radical (unpaired) electrons. The van der Waals surface area contributed by atoms with Gasteiger partial charge in [-0.2, -0.15) is 0 Å². The lowest BCUT2D eigenvalue weighted by Gasteiger charge is -2.11. The molecule has 0 aliphatic rings. The van der Waals surface area contributed by atoms with Gasteiger partial charge in [-0.3, -0.25) is 4.40 Å². The number of rotatable bonds is 3. The molecule has 3 nitrogen and oxygen atoms in total. The lowest BCUT2D eigenvalue weighted by molar-refractivity contribution is 0.885. The van der Waals surface area contributed by atoms with E-state index in [4.69, 9.17) is 4.98 Å². The number of imidazole rings is 1. The number of aryl methyl sites for hydroxylation is 1. The number of nitrogens with zero attached hydrogens (tertiary/aromatic N) is 2. The van der Waals surface area contributed by atoms with E-state index in [1.807, 2.05) is 0 Å². The lowest BCUT2D eigenvalue weighted by atomic mass is 10.3. The van der Waals surface area contributed by atoms with Crippen molar-refractivity contribution >= 4 is 22.8 Å². The maximum Gasteiger partial charge on any atom is 0.142 e. The van der Waals surface area contributed by atoms with Gasteiger partial charge in [-0.25, -0.2) is 4.98 Å². The number of thiophene rings is 1. The fourth-order valence-electron chi connectivity index (χ4n) is 2.20. The fraction of sp³-hybridized carbons (Fsp3) is 0.267. The van der Waals surface area contributed by atoms with Gasteiger partial charge < -0.3 is 5.32 Å². The molecule has 0 fully saturated rings. The summed E-state index contributed by atoms with van der Waals surface area (Å²) in [6, 6.07) is 8.72. The van der Waals surface area contributed by atoms with Crippen LogP contribution in [-0.4, -0.2) is 15.4 Å². The molecule has 3 rings (SSSR count). The zero-order valence-electron chi connectivity index (χ0n) is 11.3. The van der Waals surface area contributed by atoms with Crippen LogP contribution in [0.4, 0.5) is 5.82 Å². The molecule has 3 aromatic heterocycles. The van der Waals surface area contributed by atoms with Crippen molar-refractivity contribution in [1.29, 1.82) is 0 Å². The van der Waals surface area contributed by atoms with Gasteiger partial charge in [0.15, 0.2) is 0 Å². The van der Waals surface area contributed by atoms with Crippen LogP contribution in [0.2, 0.25) is 0 Å². The van der Waals surface area contributed by atoms with Crippen LogP contribution >= 0.6 is 11.3 Å². The Labute approximate surface area is 116 Å². The largest absolute Gasteiger partial charge is 0.367 e. The number of hydrogen-bond donors (Lipinski definition) is 1. The molecule has 0 bridgehead atoms. The average molecular weight is 271 g/mol. The van der Waals surface area contributed by atoms with Crippen LogP contribution in [0, 0.1) is 6.92 Å². The van der Waals surface area contributed by atoms with Crippen LogP contribution < -0.4 is 5.32 Å². The second-order valence-electron chi connectivity index (χ2n) is 4.97. The molecule has 98 valence electrons. The molecular weight excluding hydrogens is 254 g/mol. The molecule has 19 heavy (non-hydrogen) atoms. The number of aromatic nitrogens is 2.